The summed E-state index contributed by atoms with van der Waals surface area (Å²) in [6.45, 7) is 2.97. The van der Waals surface area contributed by atoms with Gasteiger partial charge in [-0.05, 0) is 73.0 Å². The molecule has 1 N–H and O–H groups in total. The van der Waals surface area contributed by atoms with E-state index < -0.39 is 17.2 Å². The largest absolute Gasteiger partial charge is 0.493 e. The quantitative estimate of drug-likeness (QED) is 0.138. The summed E-state index contributed by atoms with van der Waals surface area (Å²) in [5.41, 5.74) is 2.67. The van der Waals surface area contributed by atoms with Gasteiger partial charge in [-0.3, -0.25) is 14.5 Å². The molecule has 3 aromatic carbocycles. The van der Waals surface area contributed by atoms with Gasteiger partial charge in [-0.15, -0.1) is 5.10 Å². The molecule has 0 bridgehead atoms. The van der Waals surface area contributed by atoms with E-state index in [2.05, 4.69) is 15.2 Å². The number of carboxylic acids is 1. The number of fused-ring (bicyclic) bond motifs is 1. The van der Waals surface area contributed by atoms with E-state index in [0.717, 1.165) is 29.8 Å². The molecule has 2 aliphatic rings. The number of aromatic nitrogens is 4. The maximum atomic E-state index is 15.4. The first-order chi connectivity index (χ1) is 25.2. The number of nitrogens with zero attached hydrogens (tertiary/aromatic N) is 6. The number of hydrogen-bond acceptors (Lipinski definition) is 10. The molecule has 0 unspecified atom stereocenters. The number of hydrogen-bond donors (Lipinski definition) is 1. The van der Waals surface area contributed by atoms with E-state index in [1.807, 2.05) is 15.7 Å². The van der Waals surface area contributed by atoms with Crippen LogP contribution in [0.25, 0.3) is 22.7 Å². The van der Waals surface area contributed by atoms with Crippen molar-refractivity contribution in [2.24, 2.45) is 0 Å². The molecule has 5 aromatic rings. The van der Waals surface area contributed by atoms with Crippen LogP contribution >= 0.6 is 0 Å². The predicted octanol–water partition coefficient (Wildman–Crippen LogP) is 5.00. The Kier molecular flexibility index (Phi) is 9.47. The van der Waals surface area contributed by atoms with Gasteiger partial charge in [0.1, 0.15) is 11.4 Å². The van der Waals surface area contributed by atoms with Crippen LogP contribution in [0.2, 0.25) is 0 Å². The zero-order valence-electron chi connectivity index (χ0n) is 28.9. The SMILES string of the molecule is COc1cc(/C=C/C(=O)c2ccc(-n3cc(CN4CCN(c5cc6c(cc5F)c(=O)c(C(=O)O)cn6C5CC5)CC4)nn3)cc2)cc(OC)c1OC. The Labute approximate surface area is 298 Å². The highest BCUT2D eigenvalue weighted by molar-refractivity contribution is 6.07. The Balaban J connectivity index is 0.978. The Hall–Kier alpha value is -6.02. The molecule has 1 aliphatic heterocycles. The average molecular weight is 709 g/mol. The predicted molar refractivity (Wildman–Crippen MR) is 192 cm³/mol. The van der Waals surface area contributed by atoms with Crippen LogP contribution in [0.5, 0.6) is 17.2 Å². The molecule has 1 saturated carbocycles. The summed E-state index contributed by atoms with van der Waals surface area (Å²) in [6, 6.07) is 13.6. The van der Waals surface area contributed by atoms with Crippen LogP contribution in [0.3, 0.4) is 0 Å². The van der Waals surface area contributed by atoms with Gasteiger partial charge in [0.25, 0.3) is 0 Å². The number of allylic oxidation sites excluding steroid dienone is 1. The fraction of sp³-hybridized carbons (Fsp3) is 0.289. The fourth-order valence-electron chi connectivity index (χ4n) is 6.53. The van der Waals surface area contributed by atoms with Crippen molar-refractivity contribution in [2.75, 3.05) is 52.4 Å². The number of ether oxygens (including phenoxy) is 3. The fourth-order valence-corrected chi connectivity index (χ4v) is 6.53. The maximum Gasteiger partial charge on any atom is 0.341 e. The molecule has 3 heterocycles. The lowest BCUT2D eigenvalue weighted by atomic mass is 10.1. The summed E-state index contributed by atoms with van der Waals surface area (Å²) < 4.78 is 35.0. The van der Waals surface area contributed by atoms with Crippen molar-refractivity contribution >= 4 is 34.4 Å². The number of carbonyl (C=O) groups is 2. The third-order valence-electron chi connectivity index (χ3n) is 9.44. The van der Waals surface area contributed by atoms with Gasteiger partial charge in [0, 0.05) is 55.9 Å². The summed E-state index contributed by atoms with van der Waals surface area (Å²) >= 11 is 0. The molecule has 0 atom stereocenters. The number of carbonyl (C=O) groups excluding carboxylic acids is 1. The van der Waals surface area contributed by atoms with E-state index in [-0.39, 0.29) is 22.8 Å². The lowest BCUT2D eigenvalue weighted by Gasteiger charge is -2.36. The van der Waals surface area contributed by atoms with Crippen molar-refractivity contribution in [1.29, 1.82) is 0 Å². The zero-order valence-corrected chi connectivity index (χ0v) is 28.9. The van der Waals surface area contributed by atoms with Gasteiger partial charge in [0.2, 0.25) is 11.2 Å². The summed E-state index contributed by atoms with van der Waals surface area (Å²) in [6.07, 6.45) is 8.18. The molecule has 7 rings (SSSR count). The Morgan fingerprint density at radius 2 is 1.63 bits per heavy atom. The highest BCUT2D eigenvalue weighted by Crippen LogP contribution is 2.39. The number of piperazine rings is 1. The van der Waals surface area contributed by atoms with E-state index >= 15 is 4.39 Å². The van der Waals surface area contributed by atoms with Crippen molar-refractivity contribution in [3.63, 3.8) is 0 Å². The number of methoxy groups -OCH3 is 3. The molecule has 0 spiro atoms. The lowest BCUT2D eigenvalue weighted by molar-refractivity contribution is 0.0694. The number of ketones is 1. The number of benzene rings is 3. The molecule has 0 amide bonds. The van der Waals surface area contributed by atoms with Crippen molar-refractivity contribution < 1.29 is 33.3 Å². The van der Waals surface area contributed by atoms with Gasteiger partial charge >= 0.3 is 5.97 Å². The van der Waals surface area contributed by atoms with E-state index in [1.165, 1.54) is 39.7 Å². The topological polar surface area (TPSA) is 141 Å². The van der Waals surface area contributed by atoms with Gasteiger partial charge in [0.05, 0.1) is 50.1 Å². The minimum atomic E-state index is -1.31. The lowest BCUT2D eigenvalue weighted by Crippen LogP contribution is -2.46. The molecule has 13 nitrogen and oxygen atoms in total. The van der Waals surface area contributed by atoms with Crippen LogP contribution in [0.15, 0.2) is 71.8 Å². The van der Waals surface area contributed by atoms with Crippen LogP contribution in [-0.2, 0) is 6.54 Å². The number of rotatable bonds is 12. The monoisotopic (exact) mass is 708 g/mol. The van der Waals surface area contributed by atoms with E-state index in [1.54, 1.807) is 53.2 Å². The minimum absolute atomic E-state index is 0.0836. The van der Waals surface area contributed by atoms with Crippen molar-refractivity contribution in [3.05, 3.63) is 105 Å². The molecule has 1 saturated heterocycles. The van der Waals surface area contributed by atoms with E-state index in [9.17, 15) is 19.5 Å². The summed E-state index contributed by atoms with van der Waals surface area (Å²) in [7, 11) is 4.60. The van der Waals surface area contributed by atoms with E-state index in [0.29, 0.717) is 66.7 Å². The molecule has 0 radical (unpaired) electrons. The summed E-state index contributed by atoms with van der Waals surface area (Å²) in [5.74, 6) is -0.580. The molecule has 52 heavy (non-hydrogen) atoms. The molecule has 268 valence electrons. The average Bonchev–Trinajstić information content (AvgIpc) is 3.90. The van der Waals surface area contributed by atoms with Crippen LogP contribution in [0.1, 0.15) is 50.9 Å². The van der Waals surface area contributed by atoms with Crippen molar-refractivity contribution in [1.82, 2.24) is 24.5 Å². The zero-order chi connectivity index (χ0) is 36.5. The van der Waals surface area contributed by atoms with Crippen molar-refractivity contribution in [3.8, 4) is 22.9 Å². The minimum Gasteiger partial charge on any atom is -0.493 e. The third-order valence-corrected chi connectivity index (χ3v) is 9.44. The standard InChI is InChI=1S/C38H37FN6O7/c1-50-34-16-23(17-35(51-2)37(34)52-3)4-11-33(46)24-5-7-27(8-6-24)45-21-25(40-41-45)20-42-12-14-43(15-13-42)32-19-31-28(18-30(32)39)36(47)29(38(48)49)22-44(31)26-9-10-26/h4-8,11,16-19,21-22,26H,9-10,12-15,20H2,1-3H3,(H,48,49)/b11-4+. The maximum absolute atomic E-state index is 15.4. The normalized spacial score (nSPS) is 15.0. The molecule has 2 fully saturated rings. The van der Waals surface area contributed by atoms with Crippen LogP contribution < -0.4 is 24.5 Å². The summed E-state index contributed by atoms with van der Waals surface area (Å²) in [5, 5.41) is 18.2. The van der Waals surface area contributed by atoms with Crippen LogP contribution in [-0.4, -0.2) is 88.8 Å². The number of anilines is 1. The highest BCUT2D eigenvalue weighted by atomic mass is 19.1. The second kappa shape index (κ2) is 14.3. The Morgan fingerprint density at radius 3 is 2.25 bits per heavy atom. The van der Waals surface area contributed by atoms with Gasteiger partial charge in [-0.25, -0.2) is 13.9 Å². The summed E-state index contributed by atoms with van der Waals surface area (Å²) in [4.78, 5) is 41.6. The smallest absolute Gasteiger partial charge is 0.341 e. The Bertz CT molecular complexity index is 2230. The number of aromatic carboxylic acids is 1. The number of halogens is 1. The first-order valence-corrected chi connectivity index (χ1v) is 16.8. The number of carboxylic acid groups (broad SMARTS) is 1. The van der Waals surface area contributed by atoms with Crippen LogP contribution in [0, 0.1) is 5.82 Å². The Morgan fingerprint density at radius 1 is 0.942 bits per heavy atom. The second-order valence-corrected chi connectivity index (χ2v) is 12.8. The molecule has 2 aromatic heterocycles. The first kappa shape index (κ1) is 34.4. The van der Waals surface area contributed by atoms with Gasteiger partial charge in [0.15, 0.2) is 17.3 Å². The molecular formula is C38H37FN6O7. The molecule has 14 heteroatoms. The van der Waals surface area contributed by atoms with Crippen LogP contribution in [0.4, 0.5) is 10.1 Å². The first-order valence-electron chi connectivity index (χ1n) is 16.8. The van der Waals surface area contributed by atoms with Crippen molar-refractivity contribution in [2.45, 2.75) is 25.4 Å². The van der Waals surface area contributed by atoms with Gasteiger partial charge in [-0.1, -0.05) is 11.3 Å². The third kappa shape index (κ3) is 6.84. The second-order valence-electron chi connectivity index (χ2n) is 12.8. The van der Waals surface area contributed by atoms with Gasteiger partial charge < -0.3 is 28.8 Å². The number of pyridine rings is 1. The van der Waals surface area contributed by atoms with Gasteiger partial charge in [-0.2, -0.15) is 0 Å². The van der Waals surface area contributed by atoms with E-state index in [4.69, 9.17) is 14.2 Å². The molecule has 1 aliphatic carbocycles. The molecular weight excluding hydrogens is 671 g/mol. The highest BCUT2D eigenvalue weighted by Gasteiger charge is 2.29.